The summed E-state index contributed by atoms with van der Waals surface area (Å²) in [5.74, 6) is -0.512. The third kappa shape index (κ3) is 0.758. The van der Waals surface area contributed by atoms with E-state index in [2.05, 4.69) is 0 Å². The van der Waals surface area contributed by atoms with Crippen molar-refractivity contribution in [1.29, 1.82) is 0 Å². The Bertz CT molecular complexity index is 219. The Hall–Kier alpha value is -0.160. The van der Waals surface area contributed by atoms with Gasteiger partial charge in [-0.3, -0.25) is 0 Å². The number of fused-ring (bicyclic) bond motifs is 1. The van der Waals surface area contributed by atoms with Crippen molar-refractivity contribution in [2.75, 3.05) is 6.61 Å². The third-order valence-corrected chi connectivity index (χ3v) is 2.94. The van der Waals surface area contributed by atoms with Gasteiger partial charge < -0.3 is 19.3 Å². The van der Waals surface area contributed by atoms with Crippen LogP contribution < -0.4 is 0 Å². The average molecular weight is 172 g/mol. The van der Waals surface area contributed by atoms with Gasteiger partial charge in [-0.05, 0) is 6.92 Å². The van der Waals surface area contributed by atoms with E-state index in [9.17, 15) is 5.11 Å². The molecule has 0 unspecified atom stereocenters. The number of hydrogen-bond donors (Lipinski definition) is 1. The largest absolute Gasteiger partial charge is 0.387 e. The van der Waals surface area contributed by atoms with E-state index < -0.39 is 11.9 Å². The van der Waals surface area contributed by atoms with E-state index in [-0.39, 0.29) is 18.3 Å². The molecule has 1 N–H and O–H groups in total. The van der Waals surface area contributed by atoms with E-state index in [1.807, 2.05) is 6.92 Å². The molecule has 4 heteroatoms. The second-order valence-electron chi connectivity index (χ2n) is 3.93. The Kier molecular flexibility index (Phi) is 1.22. The smallest absolute Gasteiger partial charge is 0.168 e. The van der Waals surface area contributed by atoms with Crippen LogP contribution >= 0.6 is 0 Å². The molecular weight excluding hydrogens is 160 g/mol. The summed E-state index contributed by atoms with van der Waals surface area (Å²) >= 11 is 0. The number of rotatable bonds is 0. The Morgan fingerprint density at radius 3 is 3.00 bits per heavy atom. The highest BCUT2D eigenvalue weighted by atomic mass is 16.7. The second-order valence-corrected chi connectivity index (χ2v) is 3.93. The lowest BCUT2D eigenvalue weighted by atomic mass is 10.1. The van der Waals surface area contributed by atoms with Crippen molar-refractivity contribution >= 4 is 0 Å². The van der Waals surface area contributed by atoms with Gasteiger partial charge in [0.15, 0.2) is 5.79 Å². The number of aliphatic hydroxyl groups excluding tert-OH is 1. The molecule has 68 valence electrons. The Morgan fingerprint density at radius 1 is 1.42 bits per heavy atom. The molecule has 4 aliphatic heterocycles. The first kappa shape index (κ1) is 7.26. The Balaban J connectivity index is 2.00. The normalized spacial score (nSPS) is 62.5. The third-order valence-electron chi connectivity index (χ3n) is 2.94. The Labute approximate surface area is 70.4 Å². The van der Waals surface area contributed by atoms with Crippen molar-refractivity contribution in [3.8, 4) is 0 Å². The van der Waals surface area contributed by atoms with Crippen molar-refractivity contribution in [3.05, 3.63) is 0 Å². The predicted molar refractivity (Wildman–Crippen MR) is 38.5 cm³/mol. The van der Waals surface area contributed by atoms with Gasteiger partial charge in [0.25, 0.3) is 0 Å². The van der Waals surface area contributed by atoms with Crippen molar-refractivity contribution in [2.45, 2.75) is 43.5 Å². The molecule has 4 bridgehead atoms. The molecule has 12 heavy (non-hydrogen) atoms. The molecule has 0 amide bonds. The zero-order valence-electron chi connectivity index (χ0n) is 6.90. The summed E-state index contributed by atoms with van der Waals surface area (Å²) in [4.78, 5) is 0. The topological polar surface area (TPSA) is 47.9 Å². The molecule has 0 aromatic heterocycles. The van der Waals surface area contributed by atoms with Crippen LogP contribution in [0.4, 0.5) is 0 Å². The van der Waals surface area contributed by atoms with E-state index in [0.717, 1.165) is 6.42 Å². The molecule has 4 saturated heterocycles. The number of hydrogen-bond acceptors (Lipinski definition) is 4. The highest BCUT2D eigenvalue weighted by Gasteiger charge is 2.58. The monoisotopic (exact) mass is 172 g/mol. The molecule has 5 atom stereocenters. The van der Waals surface area contributed by atoms with Crippen molar-refractivity contribution in [3.63, 3.8) is 0 Å². The van der Waals surface area contributed by atoms with Crippen LogP contribution in [0.25, 0.3) is 0 Å². The van der Waals surface area contributed by atoms with Crippen LogP contribution in [0.1, 0.15) is 13.3 Å². The molecule has 0 spiro atoms. The molecule has 4 heterocycles. The maximum absolute atomic E-state index is 9.67. The number of aliphatic hydroxyl groups is 1. The van der Waals surface area contributed by atoms with E-state index in [0.29, 0.717) is 6.61 Å². The van der Waals surface area contributed by atoms with Crippen LogP contribution in [0.15, 0.2) is 0 Å². The molecule has 4 nitrogen and oxygen atoms in total. The van der Waals surface area contributed by atoms with E-state index in [1.54, 1.807) is 0 Å². The van der Waals surface area contributed by atoms with Gasteiger partial charge in [-0.2, -0.15) is 0 Å². The second kappa shape index (κ2) is 2.01. The molecule has 0 aliphatic carbocycles. The van der Waals surface area contributed by atoms with Gasteiger partial charge in [0.1, 0.15) is 18.3 Å². The fraction of sp³-hybridized carbons (Fsp3) is 1.00. The number of ether oxygens (including phenoxy) is 3. The summed E-state index contributed by atoms with van der Waals surface area (Å²) in [7, 11) is 0. The summed E-state index contributed by atoms with van der Waals surface area (Å²) in [6.07, 6.45) is -0.0609. The predicted octanol–water partition coefficient (Wildman–Crippen LogP) is -0.350. The molecular formula is C8H12O4. The fourth-order valence-corrected chi connectivity index (χ4v) is 2.31. The first-order chi connectivity index (χ1) is 5.68. The zero-order chi connectivity index (χ0) is 8.34. The van der Waals surface area contributed by atoms with Crippen LogP contribution in [-0.2, 0) is 14.2 Å². The van der Waals surface area contributed by atoms with Crippen LogP contribution in [0.5, 0.6) is 0 Å². The van der Waals surface area contributed by atoms with Gasteiger partial charge in [0, 0.05) is 6.42 Å². The van der Waals surface area contributed by atoms with Crippen LogP contribution in [0.2, 0.25) is 0 Å². The summed E-state index contributed by atoms with van der Waals surface area (Å²) < 4.78 is 16.6. The van der Waals surface area contributed by atoms with Crippen molar-refractivity contribution < 1.29 is 19.3 Å². The molecule has 0 saturated carbocycles. The quantitative estimate of drug-likeness (QED) is 0.542. The highest BCUT2D eigenvalue weighted by molar-refractivity contribution is 5.01. The van der Waals surface area contributed by atoms with Crippen molar-refractivity contribution in [2.24, 2.45) is 0 Å². The van der Waals surface area contributed by atoms with E-state index >= 15 is 0 Å². The van der Waals surface area contributed by atoms with Crippen LogP contribution in [0, 0.1) is 0 Å². The first-order valence-corrected chi connectivity index (χ1v) is 4.33. The van der Waals surface area contributed by atoms with Crippen LogP contribution in [0.3, 0.4) is 0 Å². The van der Waals surface area contributed by atoms with E-state index in [4.69, 9.17) is 14.2 Å². The molecule has 4 rings (SSSR count). The summed E-state index contributed by atoms with van der Waals surface area (Å²) in [6.45, 7) is 2.36. The van der Waals surface area contributed by atoms with Gasteiger partial charge >= 0.3 is 0 Å². The zero-order valence-corrected chi connectivity index (χ0v) is 6.90. The fourth-order valence-electron chi connectivity index (χ4n) is 2.31. The lowest BCUT2D eigenvalue weighted by Crippen LogP contribution is -2.31. The lowest BCUT2D eigenvalue weighted by Gasteiger charge is -2.21. The van der Waals surface area contributed by atoms with Gasteiger partial charge in [-0.1, -0.05) is 0 Å². The Morgan fingerprint density at radius 2 is 2.25 bits per heavy atom. The molecule has 4 aliphatic rings. The summed E-state index contributed by atoms with van der Waals surface area (Å²) in [5.41, 5.74) is 0. The maximum atomic E-state index is 9.67. The van der Waals surface area contributed by atoms with Gasteiger partial charge in [-0.15, -0.1) is 0 Å². The molecule has 0 aromatic rings. The first-order valence-electron chi connectivity index (χ1n) is 4.33. The van der Waals surface area contributed by atoms with Gasteiger partial charge in [0.05, 0.1) is 12.7 Å². The van der Waals surface area contributed by atoms with Gasteiger partial charge in [0.2, 0.25) is 0 Å². The van der Waals surface area contributed by atoms with Crippen molar-refractivity contribution in [1.82, 2.24) is 0 Å². The lowest BCUT2D eigenvalue weighted by molar-refractivity contribution is -0.210. The minimum absolute atomic E-state index is 0.0394. The maximum Gasteiger partial charge on any atom is 0.168 e. The van der Waals surface area contributed by atoms with E-state index in [1.165, 1.54) is 0 Å². The average Bonchev–Trinajstić information content (AvgIpc) is 2.32. The summed E-state index contributed by atoms with van der Waals surface area (Å²) in [6, 6.07) is 0. The minimum atomic E-state index is -0.512. The summed E-state index contributed by atoms with van der Waals surface area (Å²) in [5, 5.41) is 9.67. The van der Waals surface area contributed by atoms with Crippen LogP contribution in [-0.4, -0.2) is 41.9 Å². The standard InChI is InChI=1S/C8H12O4/c1-8-2-4-7(12-8)6(9)5(11-4)3-10-8/h4-7,9H,2-3H2,1H3/t4-,5+,6+,7+,8-/m0/s1. The highest BCUT2D eigenvalue weighted by Crippen LogP contribution is 2.43. The molecule has 0 radical (unpaired) electrons. The molecule has 4 fully saturated rings. The SMILES string of the molecule is C[C@]12C[C@@H]3O[C@H](CO1)[C@@H](O)[C@@H]3O2. The minimum Gasteiger partial charge on any atom is -0.387 e. The van der Waals surface area contributed by atoms with Gasteiger partial charge in [-0.25, -0.2) is 0 Å². The molecule has 0 aromatic carbocycles.